The zero-order valence-corrected chi connectivity index (χ0v) is 25.8. The Labute approximate surface area is 212 Å². The molecule has 164 valence electrons. The van der Waals surface area contributed by atoms with Crippen molar-refractivity contribution in [2.45, 2.75) is 64.7 Å². The summed E-state index contributed by atoms with van der Waals surface area (Å²) in [6.45, 7) is 15.1. The van der Waals surface area contributed by atoms with E-state index in [0.29, 0.717) is 0 Å². The molecule has 2 saturated heterocycles. The maximum Gasteiger partial charge on any atom is 0.117 e. The standard InChI is InChI=1S/2C11H18NSi.2ClH.Hf/c2*1-13(2,11-7-3-4-8-11)12-9-5-6-10-12;;;/h2*3,7H,4-6,9-10H2,1-2H3;2*1H;/q2*-1;;;. The topological polar surface area (TPSA) is 6.48 Å². The normalized spacial score (nSPS) is 21.5. The molecular formula is C22H38Cl2HfN2Si2-2. The van der Waals surface area contributed by atoms with Crippen molar-refractivity contribution in [3.8, 4) is 0 Å². The van der Waals surface area contributed by atoms with Crippen molar-refractivity contribution in [2.75, 3.05) is 26.2 Å². The SMILES string of the molecule is C[Si](C)(C1=[C-]CC=C1)N1CCCC1.C[Si](C)(C1=[C-]CC=C1)N1CCCC1.Cl.Cl.[Hf]. The summed E-state index contributed by atoms with van der Waals surface area (Å²) in [7, 11) is -2.57. The molecule has 2 fully saturated rings. The van der Waals surface area contributed by atoms with E-state index in [9.17, 15) is 0 Å². The number of hydrogen-bond acceptors (Lipinski definition) is 2. The summed E-state index contributed by atoms with van der Waals surface area (Å²) in [6.07, 6.45) is 23.7. The van der Waals surface area contributed by atoms with E-state index in [2.05, 4.69) is 71.8 Å². The maximum absolute atomic E-state index is 3.50. The number of nitrogens with zero attached hydrogens (tertiary/aromatic N) is 2. The summed E-state index contributed by atoms with van der Waals surface area (Å²) in [6, 6.07) is 0. The van der Waals surface area contributed by atoms with Gasteiger partial charge in [0.05, 0.1) is 0 Å². The average Bonchev–Trinajstić information content (AvgIpc) is 3.47. The second-order valence-electron chi connectivity index (χ2n) is 8.90. The van der Waals surface area contributed by atoms with Gasteiger partial charge in [-0.25, -0.2) is 22.5 Å². The van der Waals surface area contributed by atoms with E-state index in [4.69, 9.17) is 0 Å². The molecule has 4 rings (SSSR count). The summed E-state index contributed by atoms with van der Waals surface area (Å²) < 4.78 is 5.43. The van der Waals surface area contributed by atoms with E-state index in [1.165, 1.54) is 62.3 Å². The fraction of sp³-hybridized carbons (Fsp3) is 0.636. The Bertz CT molecular complexity index is 564. The van der Waals surface area contributed by atoms with E-state index in [1.54, 1.807) is 0 Å². The number of hydrogen-bond donors (Lipinski definition) is 0. The largest absolute Gasteiger partial charge is 0.322 e. The van der Waals surface area contributed by atoms with Gasteiger partial charge in [-0.3, -0.25) is 12.2 Å². The molecule has 0 aromatic heterocycles. The van der Waals surface area contributed by atoms with Gasteiger partial charge in [-0.15, -0.1) is 37.7 Å². The molecule has 0 unspecified atom stereocenters. The van der Waals surface area contributed by atoms with Crippen LogP contribution in [0.25, 0.3) is 0 Å². The number of halogens is 2. The van der Waals surface area contributed by atoms with Crippen molar-refractivity contribution < 1.29 is 25.8 Å². The van der Waals surface area contributed by atoms with Crippen LogP contribution in [0.1, 0.15) is 38.5 Å². The molecule has 0 radical (unpaired) electrons. The molecule has 0 N–H and O–H groups in total. The molecule has 2 heterocycles. The Morgan fingerprint density at radius 3 is 1.21 bits per heavy atom. The van der Waals surface area contributed by atoms with Gasteiger partial charge in [0.25, 0.3) is 0 Å². The Hall–Kier alpha value is 0.764. The molecule has 0 amide bonds. The molecule has 7 heteroatoms. The Balaban J connectivity index is 0.000000490. The second-order valence-corrected chi connectivity index (χ2v) is 17.5. The summed E-state index contributed by atoms with van der Waals surface area (Å²) >= 11 is 0. The van der Waals surface area contributed by atoms with Crippen LogP contribution in [0.4, 0.5) is 0 Å². The molecule has 2 aliphatic carbocycles. The minimum Gasteiger partial charge on any atom is -0.322 e. The minimum absolute atomic E-state index is 0. The quantitative estimate of drug-likeness (QED) is 0.282. The second kappa shape index (κ2) is 13.3. The molecule has 0 aromatic rings. The molecule has 0 aromatic carbocycles. The fourth-order valence-corrected chi connectivity index (χ4v) is 10.2. The van der Waals surface area contributed by atoms with Crippen LogP contribution >= 0.6 is 24.8 Å². The monoisotopic (exact) mass is 636 g/mol. The first-order valence-electron chi connectivity index (χ1n) is 10.5. The van der Waals surface area contributed by atoms with Gasteiger partial charge < -0.3 is 9.13 Å². The number of allylic oxidation sites excluding steroid dienone is 8. The maximum atomic E-state index is 3.50. The molecule has 29 heavy (non-hydrogen) atoms. The van der Waals surface area contributed by atoms with Gasteiger partial charge in [0, 0.05) is 25.8 Å². The first-order chi connectivity index (χ1) is 12.4. The first-order valence-corrected chi connectivity index (χ1v) is 16.4. The van der Waals surface area contributed by atoms with E-state index < -0.39 is 16.5 Å². The average molecular weight is 636 g/mol. The van der Waals surface area contributed by atoms with Gasteiger partial charge in [-0.2, -0.15) is 12.2 Å². The van der Waals surface area contributed by atoms with Gasteiger partial charge >= 0.3 is 0 Å². The van der Waals surface area contributed by atoms with Crippen LogP contribution in [0, 0.1) is 12.2 Å². The van der Waals surface area contributed by atoms with Crippen LogP contribution in [0.2, 0.25) is 26.2 Å². The first kappa shape index (κ1) is 29.8. The molecule has 0 atom stereocenters. The molecule has 2 aliphatic heterocycles. The predicted octanol–water partition coefficient (Wildman–Crippen LogP) is 5.87. The van der Waals surface area contributed by atoms with Gasteiger partial charge in [0.1, 0.15) is 16.5 Å². The van der Waals surface area contributed by atoms with Crippen LogP contribution in [0.3, 0.4) is 0 Å². The van der Waals surface area contributed by atoms with Crippen LogP contribution in [0.5, 0.6) is 0 Å². The molecule has 0 saturated carbocycles. The van der Waals surface area contributed by atoms with E-state index in [-0.39, 0.29) is 50.7 Å². The van der Waals surface area contributed by atoms with Crippen LogP contribution < -0.4 is 0 Å². The predicted molar refractivity (Wildman–Crippen MR) is 132 cm³/mol. The van der Waals surface area contributed by atoms with Gasteiger partial charge in [0.2, 0.25) is 0 Å². The number of rotatable bonds is 4. The van der Waals surface area contributed by atoms with E-state index in [1.807, 2.05) is 0 Å². The van der Waals surface area contributed by atoms with Gasteiger partial charge in [-0.1, -0.05) is 26.2 Å². The molecule has 0 bridgehead atoms. The van der Waals surface area contributed by atoms with E-state index >= 15 is 0 Å². The Morgan fingerprint density at radius 1 is 0.655 bits per heavy atom. The third kappa shape index (κ3) is 7.40. The zero-order chi connectivity index (χ0) is 18.6. The minimum atomic E-state index is -1.29. The molecule has 0 spiro atoms. The van der Waals surface area contributed by atoms with Gasteiger partial charge in [0.15, 0.2) is 0 Å². The molecular weight excluding hydrogens is 598 g/mol. The third-order valence-corrected chi connectivity index (χ3v) is 13.9. The summed E-state index contributed by atoms with van der Waals surface area (Å²) in [5.74, 6) is 0. The molecule has 4 aliphatic rings. The third-order valence-electron chi connectivity index (χ3n) is 6.50. The van der Waals surface area contributed by atoms with Crippen molar-refractivity contribution in [3.05, 3.63) is 46.8 Å². The summed E-state index contributed by atoms with van der Waals surface area (Å²) in [5, 5.41) is 3.05. The van der Waals surface area contributed by atoms with Crippen molar-refractivity contribution in [1.82, 2.24) is 9.13 Å². The summed E-state index contributed by atoms with van der Waals surface area (Å²) in [4.78, 5) is 0. The van der Waals surface area contributed by atoms with Crippen molar-refractivity contribution >= 4 is 41.3 Å². The molecule has 2 nitrogen and oxygen atoms in total. The Morgan fingerprint density at radius 2 is 0.966 bits per heavy atom. The van der Waals surface area contributed by atoms with E-state index in [0.717, 1.165) is 12.8 Å². The summed E-state index contributed by atoms with van der Waals surface area (Å²) in [5.41, 5.74) is 0. The van der Waals surface area contributed by atoms with Crippen molar-refractivity contribution in [3.63, 3.8) is 0 Å². The van der Waals surface area contributed by atoms with Crippen molar-refractivity contribution in [2.24, 2.45) is 0 Å². The van der Waals surface area contributed by atoms with Gasteiger partial charge in [-0.05, 0) is 51.9 Å². The van der Waals surface area contributed by atoms with Crippen molar-refractivity contribution in [1.29, 1.82) is 0 Å². The van der Waals surface area contributed by atoms with Crippen LogP contribution in [-0.4, -0.2) is 51.8 Å². The smallest absolute Gasteiger partial charge is 0.117 e. The van der Waals surface area contributed by atoms with Crippen LogP contribution in [-0.2, 0) is 25.8 Å². The van der Waals surface area contributed by atoms with Crippen LogP contribution in [0.15, 0.2) is 34.7 Å². The zero-order valence-electron chi connectivity index (χ0n) is 18.6. The Kier molecular flexibility index (Phi) is 13.7. The fourth-order valence-electron chi connectivity index (χ4n) is 4.54.